The second-order valence-corrected chi connectivity index (χ2v) is 8.16. The van der Waals surface area contributed by atoms with Gasteiger partial charge in [-0.25, -0.2) is 4.39 Å². The Hall–Kier alpha value is -3.79. The summed E-state index contributed by atoms with van der Waals surface area (Å²) in [5.74, 6) is -2.02. The van der Waals surface area contributed by atoms with Gasteiger partial charge in [0.05, 0.1) is 12.1 Å². The minimum Gasteiger partial charge on any atom is -0.505 e. The number of nitrogens with zero attached hydrogens (tertiary/aromatic N) is 3. The van der Waals surface area contributed by atoms with Crippen molar-refractivity contribution >= 4 is 22.8 Å². The Balaban J connectivity index is 2.15. The van der Waals surface area contributed by atoms with Crippen LogP contribution in [0.4, 0.5) is 4.39 Å². The highest BCUT2D eigenvalue weighted by atomic mass is 19.1. The van der Waals surface area contributed by atoms with Gasteiger partial charge in [0.1, 0.15) is 16.9 Å². The topological polar surface area (TPSA) is 125 Å². The van der Waals surface area contributed by atoms with Gasteiger partial charge >= 0.3 is 0 Å². The van der Waals surface area contributed by atoms with E-state index in [4.69, 9.17) is 0 Å². The highest BCUT2D eigenvalue weighted by Gasteiger charge is 2.24. The molecule has 0 radical (unpaired) electrons. The number of halogens is 1. The van der Waals surface area contributed by atoms with E-state index in [1.54, 1.807) is 38.2 Å². The number of aromatic hydroxyl groups is 1. The van der Waals surface area contributed by atoms with Crippen molar-refractivity contribution in [2.45, 2.75) is 32.9 Å². The number of benzene rings is 1. The molecular formula is C24H27FN4O5. The van der Waals surface area contributed by atoms with Crippen LogP contribution in [0.5, 0.6) is 5.75 Å². The molecule has 3 aromatic rings. The van der Waals surface area contributed by atoms with Crippen LogP contribution in [0.25, 0.3) is 11.0 Å². The number of carbonyl (C=O) groups is 2. The summed E-state index contributed by atoms with van der Waals surface area (Å²) < 4.78 is 15.4. The van der Waals surface area contributed by atoms with E-state index in [0.717, 1.165) is 0 Å². The van der Waals surface area contributed by atoms with Gasteiger partial charge in [0.25, 0.3) is 11.5 Å². The Morgan fingerprint density at radius 1 is 1.29 bits per heavy atom. The van der Waals surface area contributed by atoms with Crippen molar-refractivity contribution in [3.63, 3.8) is 0 Å². The zero-order valence-electron chi connectivity index (χ0n) is 19.2. The molecule has 3 rings (SSSR count). The Bertz CT molecular complexity index is 1290. The van der Waals surface area contributed by atoms with Crippen LogP contribution in [0.1, 0.15) is 35.3 Å². The summed E-state index contributed by atoms with van der Waals surface area (Å²) in [6, 6.07) is 7.26. The van der Waals surface area contributed by atoms with Gasteiger partial charge < -0.3 is 25.0 Å². The summed E-state index contributed by atoms with van der Waals surface area (Å²) in [6.45, 7) is 2.78. The molecule has 0 bridgehead atoms. The number of carbonyl (C=O) groups excluding carboxylic acids is 2. The van der Waals surface area contributed by atoms with Crippen molar-refractivity contribution in [2.24, 2.45) is 0 Å². The third kappa shape index (κ3) is 5.23. The molecule has 9 nitrogen and oxygen atoms in total. The van der Waals surface area contributed by atoms with Crippen LogP contribution in [0.15, 0.2) is 41.3 Å². The van der Waals surface area contributed by atoms with Crippen molar-refractivity contribution in [3.8, 4) is 5.75 Å². The second kappa shape index (κ2) is 10.4. The van der Waals surface area contributed by atoms with Gasteiger partial charge in [0.15, 0.2) is 5.75 Å². The molecule has 2 aromatic heterocycles. The zero-order valence-corrected chi connectivity index (χ0v) is 19.2. The number of pyridine rings is 2. The molecule has 0 aliphatic heterocycles. The first kappa shape index (κ1) is 24.8. The molecule has 3 N–H and O–H groups in total. The van der Waals surface area contributed by atoms with Crippen LogP contribution in [-0.4, -0.2) is 62.7 Å². The smallest absolute Gasteiger partial charge is 0.267 e. The maximum Gasteiger partial charge on any atom is 0.267 e. The number of amides is 2. The average Bonchev–Trinajstić information content (AvgIpc) is 2.80. The first-order valence-electron chi connectivity index (χ1n) is 10.7. The maximum absolute atomic E-state index is 14.1. The Morgan fingerprint density at radius 3 is 2.65 bits per heavy atom. The van der Waals surface area contributed by atoms with Crippen LogP contribution in [0.2, 0.25) is 0 Å². The summed E-state index contributed by atoms with van der Waals surface area (Å²) in [5.41, 5.74) is 0.0227. The Morgan fingerprint density at radius 2 is 2.00 bits per heavy atom. The molecule has 180 valence electrons. The lowest BCUT2D eigenvalue weighted by molar-refractivity contribution is -0.127. The fourth-order valence-corrected chi connectivity index (χ4v) is 3.48. The van der Waals surface area contributed by atoms with Crippen molar-refractivity contribution in [1.29, 1.82) is 0 Å². The zero-order chi connectivity index (χ0) is 25.0. The molecule has 10 heteroatoms. The lowest BCUT2D eigenvalue weighted by Crippen LogP contribution is -2.40. The van der Waals surface area contributed by atoms with Gasteiger partial charge in [-0.15, -0.1) is 0 Å². The summed E-state index contributed by atoms with van der Waals surface area (Å²) in [5, 5.41) is 22.5. The summed E-state index contributed by atoms with van der Waals surface area (Å²) in [7, 11) is 1.58. The first-order valence-corrected chi connectivity index (χ1v) is 10.7. The molecule has 1 unspecified atom stereocenters. The van der Waals surface area contributed by atoms with E-state index < -0.39 is 28.8 Å². The third-order valence-corrected chi connectivity index (χ3v) is 5.56. The molecular weight excluding hydrogens is 443 g/mol. The molecule has 1 aromatic carbocycles. The molecule has 34 heavy (non-hydrogen) atoms. The summed E-state index contributed by atoms with van der Waals surface area (Å²) in [4.78, 5) is 43.4. The summed E-state index contributed by atoms with van der Waals surface area (Å²) >= 11 is 0. The predicted octanol–water partition coefficient (Wildman–Crippen LogP) is 1.42. The van der Waals surface area contributed by atoms with Crippen LogP contribution >= 0.6 is 0 Å². The van der Waals surface area contributed by atoms with E-state index >= 15 is 0 Å². The number of hydrogen-bond donors (Lipinski definition) is 3. The largest absolute Gasteiger partial charge is 0.505 e. The van der Waals surface area contributed by atoms with Crippen molar-refractivity contribution in [2.75, 3.05) is 20.2 Å². The normalized spacial score (nSPS) is 11.9. The fraction of sp³-hybridized carbons (Fsp3) is 0.333. The van der Waals surface area contributed by atoms with E-state index in [1.807, 2.05) is 0 Å². The Kier molecular flexibility index (Phi) is 7.62. The fourth-order valence-electron chi connectivity index (χ4n) is 3.48. The van der Waals surface area contributed by atoms with Gasteiger partial charge in [0.2, 0.25) is 5.91 Å². The Labute approximate surface area is 195 Å². The van der Waals surface area contributed by atoms with Gasteiger partial charge in [-0.3, -0.25) is 19.4 Å². The molecule has 1 atom stereocenters. The number of rotatable bonds is 8. The van der Waals surface area contributed by atoms with E-state index in [1.165, 1.54) is 28.7 Å². The molecule has 0 saturated carbocycles. The number of likely N-dealkylation sites (N-methyl/N-ethyl adjacent to an activating group) is 1. The quantitative estimate of drug-likeness (QED) is 0.457. The van der Waals surface area contributed by atoms with E-state index in [0.29, 0.717) is 11.1 Å². The van der Waals surface area contributed by atoms with Crippen LogP contribution in [-0.2, 0) is 17.8 Å². The minimum atomic E-state index is -0.850. The molecule has 2 heterocycles. The minimum absolute atomic E-state index is 0.0177. The lowest BCUT2D eigenvalue weighted by atomic mass is 10.0. The molecule has 2 amide bonds. The number of aromatic nitrogens is 2. The van der Waals surface area contributed by atoms with E-state index in [-0.39, 0.29) is 48.9 Å². The van der Waals surface area contributed by atoms with Gasteiger partial charge in [-0.2, -0.15) is 0 Å². The number of nitrogens with one attached hydrogen (secondary N) is 1. The predicted molar refractivity (Wildman–Crippen MR) is 124 cm³/mol. The van der Waals surface area contributed by atoms with Crippen molar-refractivity contribution < 1.29 is 24.2 Å². The van der Waals surface area contributed by atoms with Crippen LogP contribution < -0.4 is 10.9 Å². The standard InChI is InChI=1S/C24H27FN4O5/c1-14(13-30)27-23(33)20-22(32)21-19(29(24(20)34)9-8-28(3)15(2)31)11-16(12-26-21)10-17-6-4-5-7-18(17)25/h4-7,11-12,14,30,32H,8-10,13H2,1-3H3,(H,27,33). The molecule has 0 aliphatic rings. The highest BCUT2D eigenvalue weighted by molar-refractivity contribution is 6.01. The third-order valence-electron chi connectivity index (χ3n) is 5.56. The van der Waals surface area contributed by atoms with Crippen LogP contribution in [0, 0.1) is 5.82 Å². The molecule has 0 spiro atoms. The highest BCUT2D eigenvalue weighted by Crippen LogP contribution is 2.26. The number of fused-ring (bicyclic) bond motifs is 1. The second-order valence-electron chi connectivity index (χ2n) is 8.16. The average molecular weight is 471 g/mol. The number of aliphatic hydroxyl groups is 1. The van der Waals surface area contributed by atoms with E-state index in [2.05, 4.69) is 10.3 Å². The number of hydrogen-bond acceptors (Lipinski definition) is 6. The molecule has 0 aliphatic carbocycles. The van der Waals surface area contributed by atoms with Crippen LogP contribution in [0.3, 0.4) is 0 Å². The number of aliphatic hydroxyl groups excluding tert-OH is 1. The van der Waals surface area contributed by atoms with Gasteiger partial charge in [0, 0.05) is 45.7 Å². The van der Waals surface area contributed by atoms with Crippen molar-refractivity contribution in [3.05, 3.63) is 69.4 Å². The summed E-state index contributed by atoms with van der Waals surface area (Å²) in [6.07, 6.45) is 1.65. The molecule has 0 saturated heterocycles. The monoisotopic (exact) mass is 470 g/mol. The van der Waals surface area contributed by atoms with Crippen molar-refractivity contribution in [1.82, 2.24) is 19.8 Å². The van der Waals surface area contributed by atoms with Gasteiger partial charge in [-0.05, 0) is 30.2 Å². The maximum atomic E-state index is 14.1. The molecule has 0 fully saturated rings. The van der Waals surface area contributed by atoms with Gasteiger partial charge in [-0.1, -0.05) is 18.2 Å². The van der Waals surface area contributed by atoms with E-state index in [9.17, 15) is 29.0 Å². The SMILES string of the molecule is CC(=O)N(C)CCn1c(=O)c(C(=O)NC(C)CO)c(O)c2ncc(Cc3ccccc3F)cc21. The lowest BCUT2D eigenvalue weighted by Gasteiger charge is -2.19. The first-order chi connectivity index (χ1) is 16.1.